The minimum Gasteiger partial charge on any atom is -0.338 e. The van der Waals surface area contributed by atoms with Gasteiger partial charge >= 0.3 is 12.2 Å². The van der Waals surface area contributed by atoms with Crippen molar-refractivity contribution in [3.05, 3.63) is 35.4 Å². The largest absolute Gasteiger partial charge is 0.406 e. The molecule has 1 saturated heterocycles. The van der Waals surface area contributed by atoms with Gasteiger partial charge < -0.3 is 15.5 Å². The monoisotopic (exact) mass is 343 g/mol. The Balaban J connectivity index is 1.72. The number of carbonyl (C=O) groups is 2. The Labute approximate surface area is 138 Å². The second kappa shape index (κ2) is 7.55. The zero-order valence-electron chi connectivity index (χ0n) is 13.3. The van der Waals surface area contributed by atoms with Gasteiger partial charge in [-0.1, -0.05) is 29.8 Å². The molecule has 8 heteroatoms. The van der Waals surface area contributed by atoms with E-state index in [2.05, 4.69) is 10.6 Å². The molecule has 0 aliphatic carbocycles. The van der Waals surface area contributed by atoms with E-state index in [4.69, 9.17) is 0 Å². The highest BCUT2D eigenvalue weighted by Crippen LogP contribution is 2.20. The average Bonchev–Trinajstić information content (AvgIpc) is 2.80. The number of halogens is 3. The molecule has 0 radical (unpaired) electrons. The van der Waals surface area contributed by atoms with Gasteiger partial charge in [0, 0.05) is 13.1 Å². The third kappa shape index (κ3) is 5.43. The lowest BCUT2D eigenvalue weighted by Crippen LogP contribution is -2.47. The molecule has 1 aromatic carbocycles. The SMILES string of the molecule is Cc1ccc(CCNC(=O)NC2CCN(CC(F)(F)F)C2=O)cc1. The van der Waals surface area contributed by atoms with Crippen LogP contribution in [0.5, 0.6) is 0 Å². The molecule has 0 spiro atoms. The number of nitrogens with zero attached hydrogens (tertiary/aromatic N) is 1. The van der Waals surface area contributed by atoms with E-state index in [0.29, 0.717) is 13.0 Å². The van der Waals surface area contributed by atoms with E-state index in [1.807, 2.05) is 31.2 Å². The third-order valence-corrected chi connectivity index (χ3v) is 3.79. The summed E-state index contributed by atoms with van der Waals surface area (Å²) in [5, 5.41) is 5.04. The number of carbonyl (C=O) groups excluding carboxylic acids is 2. The molecule has 2 rings (SSSR count). The van der Waals surface area contributed by atoms with Gasteiger partial charge in [0.25, 0.3) is 0 Å². The fraction of sp³-hybridized carbons (Fsp3) is 0.500. The quantitative estimate of drug-likeness (QED) is 0.859. The van der Waals surface area contributed by atoms with Crippen LogP contribution in [0.4, 0.5) is 18.0 Å². The van der Waals surface area contributed by atoms with Crippen molar-refractivity contribution in [2.75, 3.05) is 19.6 Å². The maximum absolute atomic E-state index is 12.3. The van der Waals surface area contributed by atoms with Crippen molar-refractivity contribution >= 4 is 11.9 Å². The molecule has 1 aromatic rings. The van der Waals surface area contributed by atoms with Crippen LogP contribution in [-0.2, 0) is 11.2 Å². The van der Waals surface area contributed by atoms with Crippen LogP contribution in [0.25, 0.3) is 0 Å². The minimum absolute atomic E-state index is 0.00729. The first-order chi connectivity index (χ1) is 11.2. The molecule has 1 heterocycles. The Morgan fingerprint density at radius 3 is 2.58 bits per heavy atom. The molecule has 1 atom stereocenters. The Bertz CT molecular complexity index is 587. The topological polar surface area (TPSA) is 61.4 Å². The van der Waals surface area contributed by atoms with E-state index in [1.54, 1.807) is 0 Å². The number of hydrogen-bond donors (Lipinski definition) is 2. The van der Waals surface area contributed by atoms with Crippen molar-refractivity contribution in [1.82, 2.24) is 15.5 Å². The number of urea groups is 1. The van der Waals surface area contributed by atoms with Crippen LogP contribution in [0, 0.1) is 6.92 Å². The van der Waals surface area contributed by atoms with E-state index in [1.165, 1.54) is 0 Å². The van der Waals surface area contributed by atoms with E-state index in [-0.39, 0.29) is 13.0 Å². The van der Waals surface area contributed by atoms with Crippen LogP contribution in [0.2, 0.25) is 0 Å². The molecule has 2 N–H and O–H groups in total. The Morgan fingerprint density at radius 2 is 1.96 bits per heavy atom. The Morgan fingerprint density at radius 1 is 1.29 bits per heavy atom. The van der Waals surface area contributed by atoms with Crippen molar-refractivity contribution in [2.24, 2.45) is 0 Å². The zero-order valence-corrected chi connectivity index (χ0v) is 13.3. The highest BCUT2D eigenvalue weighted by atomic mass is 19.4. The molecular formula is C16H20F3N3O2. The summed E-state index contributed by atoms with van der Waals surface area (Å²) in [6.07, 6.45) is -3.62. The normalized spacial score (nSPS) is 17.9. The second-order valence-electron chi connectivity index (χ2n) is 5.85. The number of nitrogens with one attached hydrogen (secondary N) is 2. The summed E-state index contributed by atoms with van der Waals surface area (Å²) in [4.78, 5) is 24.3. The maximum atomic E-state index is 12.3. The van der Waals surface area contributed by atoms with E-state index in [0.717, 1.165) is 16.0 Å². The summed E-state index contributed by atoms with van der Waals surface area (Å²) in [7, 11) is 0. The van der Waals surface area contributed by atoms with Gasteiger partial charge in [0.15, 0.2) is 0 Å². The van der Waals surface area contributed by atoms with Crippen molar-refractivity contribution in [3.63, 3.8) is 0 Å². The summed E-state index contributed by atoms with van der Waals surface area (Å²) in [5.74, 6) is -0.694. The highest BCUT2D eigenvalue weighted by Gasteiger charge is 2.39. The summed E-state index contributed by atoms with van der Waals surface area (Å²) in [6.45, 7) is 1.07. The zero-order chi connectivity index (χ0) is 17.7. The number of hydrogen-bond acceptors (Lipinski definition) is 2. The summed E-state index contributed by atoms with van der Waals surface area (Å²) in [5.41, 5.74) is 2.21. The summed E-state index contributed by atoms with van der Waals surface area (Å²) in [6, 6.07) is 6.43. The number of rotatable bonds is 5. The molecule has 1 unspecified atom stereocenters. The van der Waals surface area contributed by atoms with Gasteiger partial charge in [0.2, 0.25) is 5.91 Å². The molecule has 1 aliphatic rings. The standard InChI is InChI=1S/C16H20F3N3O2/c1-11-2-4-12(5-3-11)6-8-20-15(24)21-13-7-9-22(14(13)23)10-16(17,18)19/h2-5,13H,6-10H2,1H3,(H2,20,21,24). The van der Waals surface area contributed by atoms with Crippen molar-refractivity contribution in [3.8, 4) is 0 Å². The van der Waals surface area contributed by atoms with Crippen LogP contribution in [0.1, 0.15) is 17.5 Å². The number of aryl methyl sites for hydroxylation is 1. The highest BCUT2D eigenvalue weighted by molar-refractivity contribution is 5.88. The van der Waals surface area contributed by atoms with E-state index in [9.17, 15) is 22.8 Å². The van der Waals surface area contributed by atoms with E-state index >= 15 is 0 Å². The van der Waals surface area contributed by atoms with Crippen LogP contribution >= 0.6 is 0 Å². The first kappa shape index (κ1) is 18.1. The number of amides is 3. The molecule has 24 heavy (non-hydrogen) atoms. The van der Waals surface area contributed by atoms with Crippen molar-refractivity contribution in [2.45, 2.75) is 32.0 Å². The van der Waals surface area contributed by atoms with Crippen LogP contribution < -0.4 is 10.6 Å². The van der Waals surface area contributed by atoms with Crippen LogP contribution in [0.15, 0.2) is 24.3 Å². The molecule has 1 fully saturated rings. The number of likely N-dealkylation sites (tertiary alicyclic amines) is 1. The van der Waals surface area contributed by atoms with Gasteiger partial charge in [0.05, 0.1) is 0 Å². The first-order valence-electron chi connectivity index (χ1n) is 7.70. The summed E-state index contributed by atoms with van der Waals surface area (Å²) < 4.78 is 37.0. The number of benzene rings is 1. The van der Waals surface area contributed by atoms with E-state index < -0.39 is 30.7 Å². The Kier molecular flexibility index (Phi) is 5.69. The van der Waals surface area contributed by atoms with Crippen LogP contribution in [-0.4, -0.2) is 48.7 Å². The first-order valence-corrected chi connectivity index (χ1v) is 7.70. The van der Waals surface area contributed by atoms with Crippen LogP contribution in [0.3, 0.4) is 0 Å². The van der Waals surface area contributed by atoms with Gasteiger partial charge in [-0.05, 0) is 25.3 Å². The minimum atomic E-state index is -4.43. The molecule has 1 aliphatic heterocycles. The third-order valence-electron chi connectivity index (χ3n) is 3.79. The predicted octanol–water partition coefficient (Wildman–Crippen LogP) is 2.00. The fourth-order valence-electron chi connectivity index (χ4n) is 2.53. The van der Waals surface area contributed by atoms with Crippen molar-refractivity contribution < 1.29 is 22.8 Å². The molecule has 0 aromatic heterocycles. The fourth-order valence-corrected chi connectivity index (χ4v) is 2.53. The van der Waals surface area contributed by atoms with Gasteiger partial charge in [-0.15, -0.1) is 0 Å². The molecule has 5 nitrogen and oxygen atoms in total. The smallest absolute Gasteiger partial charge is 0.338 e. The lowest BCUT2D eigenvalue weighted by molar-refractivity contribution is -0.157. The molecule has 132 valence electrons. The lowest BCUT2D eigenvalue weighted by atomic mass is 10.1. The number of alkyl halides is 3. The Hall–Kier alpha value is -2.25. The van der Waals surface area contributed by atoms with Gasteiger partial charge in [-0.3, -0.25) is 4.79 Å². The molecular weight excluding hydrogens is 323 g/mol. The predicted molar refractivity (Wildman–Crippen MR) is 82.5 cm³/mol. The second-order valence-corrected chi connectivity index (χ2v) is 5.85. The maximum Gasteiger partial charge on any atom is 0.406 e. The van der Waals surface area contributed by atoms with Gasteiger partial charge in [-0.25, -0.2) is 4.79 Å². The van der Waals surface area contributed by atoms with Gasteiger partial charge in [-0.2, -0.15) is 13.2 Å². The average molecular weight is 343 g/mol. The molecule has 0 saturated carbocycles. The molecule has 3 amide bonds. The lowest BCUT2D eigenvalue weighted by Gasteiger charge is -2.18. The molecule has 0 bridgehead atoms. The van der Waals surface area contributed by atoms with Gasteiger partial charge in [0.1, 0.15) is 12.6 Å². The van der Waals surface area contributed by atoms with Crippen molar-refractivity contribution in [1.29, 1.82) is 0 Å². The summed E-state index contributed by atoms with van der Waals surface area (Å²) >= 11 is 0.